The number of para-hydroxylation sites is 1. The van der Waals surface area contributed by atoms with Gasteiger partial charge in [-0.15, -0.1) is 0 Å². The summed E-state index contributed by atoms with van der Waals surface area (Å²) in [7, 11) is 1.66. The topological polar surface area (TPSA) is 62.4 Å². The van der Waals surface area contributed by atoms with Gasteiger partial charge in [-0.3, -0.25) is 15.6 Å². The highest BCUT2D eigenvalue weighted by molar-refractivity contribution is 7.80. The molecule has 0 unspecified atom stereocenters. The van der Waals surface area contributed by atoms with E-state index in [1.54, 1.807) is 14.0 Å². The predicted molar refractivity (Wildman–Crippen MR) is 74.2 cm³/mol. The minimum Gasteiger partial charge on any atom is -0.481 e. The van der Waals surface area contributed by atoms with Crippen molar-refractivity contribution in [3.8, 4) is 5.75 Å². The maximum Gasteiger partial charge on any atom is 0.279 e. The van der Waals surface area contributed by atoms with E-state index in [0.29, 0.717) is 10.9 Å². The molecule has 0 aliphatic carbocycles. The number of rotatable bonds is 3. The molecule has 3 N–H and O–H groups in total. The molecule has 1 atom stereocenters. The van der Waals surface area contributed by atoms with Crippen LogP contribution >= 0.6 is 12.2 Å². The molecule has 1 amide bonds. The molecule has 0 aliphatic rings. The molecule has 0 aliphatic heterocycles. The van der Waals surface area contributed by atoms with Gasteiger partial charge in [-0.05, 0) is 37.7 Å². The van der Waals surface area contributed by atoms with Gasteiger partial charge in [0.2, 0.25) is 0 Å². The minimum absolute atomic E-state index is 0.296. The first-order valence-electron chi connectivity index (χ1n) is 5.54. The minimum atomic E-state index is -0.613. The Kier molecular flexibility index (Phi) is 5.38. The number of nitrogens with one attached hydrogen (secondary N) is 3. The van der Waals surface area contributed by atoms with Crippen molar-refractivity contribution in [2.45, 2.75) is 20.0 Å². The van der Waals surface area contributed by atoms with Crippen LogP contribution < -0.4 is 20.9 Å². The van der Waals surface area contributed by atoms with E-state index in [9.17, 15) is 4.79 Å². The van der Waals surface area contributed by atoms with Crippen LogP contribution in [0.25, 0.3) is 0 Å². The van der Waals surface area contributed by atoms with Crippen LogP contribution in [0.2, 0.25) is 0 Å². The van der Waals surface area contributed by atoms with Crippen molar-refractivity contribution in [3.63, 3.8) is 0 Å². The number of thiocarbonyl (C=S) groups is 1. The lowest BCUT2D eigenvalue weighted by Gasteiger charge is -2.16. The van der Waals surface area contributed by atoms with E-state index in [1.807, 2.05) is 31.2 Å². The van der Waals surface area contributed by atoms with E-state index >= 15 is 0 Å². The largest absolute Gasteiger partial charge is 0.481 e. The summed E-state index contributed by atoms with van der Waals surface area (Å²) in [5.74, 6) is 0.396. The molecule has 0 radical (unpaired) electrons. The second-order valence-corrected chi connectivity index (χ2v) is 4.13. The molecule has 0 fully saturated rings. The summed E-state index contributed by atoms with van der Waals surface area (Å²) in [6.07, 6.45) is -0.613. The van der Waals surface area contributed by atoms with Gasteiger partial charge in [-0.1, -0.05) is 18.2 Å². The molecular weight excluding hydrogens is 250 g/mol. The zero-order chi connectivity index (χ0) is 13.5. The summed E-state index contributed by atoms with van der Waals surface area (Å²) in [4.78, 5) is 11.7. The first-order valence-corrected chi connectivity index (χ1v) is 5.95. The molecular formula is C12H17N3O2S. The van der Waals surface area contributed by atoms with Gasteiger partial charge >= 0.3 is 0 Å². The smallest absolute Gasteiger partial charge is 0.279 e. The Morgan fingerprint density at radius 1 is 1.33 bits per heavy atom. The Bertz CT molecular complexity index is 437. The first-order chi connectivity index (χ1) is 8.54. The number of benzene rings is 1. The molecule has 0 heterocycles. The van der Waals surface area contributed by atoms with Crippen molar-refractivity contribution in [2.24, 2.45) is 0 Å². The first kappa shape index (κ1) is 14.2. The third-order valence-corrected chi connectivity index (χ3v) is 2.60. The molecule has 0 aromatic heterocycles. The van der Waals surface area contributed by atoms with Crippen LogP contribution in [0.3, 0.4) is 0 Å². The second-order valence-electron chi connectivity index (χ2n) is 3.72. The summed E-state index contributed by atoms with van der Waals surface area (Å²) >= 11 is 4.83. The van der Waals surface area contributed by atoms with Gasteiger partial charge in [0.15, 0.2) is 11.2 Å². The number of hydrogen-bond acceptors (Lipinski definition) is 3. The highest BCUT2D eigenvalue weighted by Gasteiger charge is 2.15. The maximum atomic E-state index is 11.7. The SMILES string of the molecule is CNC(=S)NNC(=O)[C@H](C)Oc1ccccc1C. The lowest BCUT2D eigenvalue weighted by Crippen LogP contribution is -2.49. The number of hydrogen-bond donors (Lipinski definition) is 3. The standard InChI is InChI=1S/C12H17N3O2S/c1-8-6-4-5-7-10(8)17-9(2)11(16)14-15-12(18)13-3/h4-7,9H,1-3H3,(H,14,16)(H2,13,15,18)/t9-/m0/s1. The van der Waals surface area contributed by atoms with Crippen molar-refractivity contribution < 1.29 is 9.53 Å². The van der Waals surface area contributed by atoms with Gasteiger partial charge in [0, 0.05) is 7.05 Å². The number of ether oxygens (including phenoxy) is 1. The molecule has 1 aromatic rings. The number of carbonyl (C=O) groups excluding carboxylic acids is 1. The summed E-state index contributed by atoms with van der Waals surface area (Å²) < 4.78 is 5.56. The van der Waals surface area contributed by atoms with Crippen LogP contribution in [0.4, 0.5) is 0 Å². The summed E-state index contributed by atoms with van der Waals surface area (Å²) in [5, 5.41) is 3.02. The normalized spacial score (nSPS) is 11.3. The molecule has 0 bridgehead atoms. The van der Waals surface area contributed by atoms with E-state index in [4.69, 9.17) is 17.0 Å². The summed E-state index contributed by atoms with van der Waals surface area (Å²) in [6, 6.07) is 7.53. The van der Waals surface area contributed by atoms with E-state index in [-0.39, 0.29) is 5.91 Å². The van der Waals surface area contributed by atoms with Crippen LogP contribution in [-0.2, 0) is 4.79 Å². The Hall–Kier alpha value is -1.82. The summed E-state index contributed by atoms with van der Waals surface area (Å²) in [5.41, 5.74) is 5.99. The Balaban J connectivity index is 2.50. The zero-order valence-electron chi connectivity index (χ0n) is 10.6. The zero-order valence-corrected chi connectivity index (χ0v) is 11.4. The molecule has 0 saturated heterocycles. The van der Waals surface area contributed by atoms with Gasteiger partial charge in [0.25, 0.3) is 5.91 Å². The highest BCUT2D eigenvalue weighted by Crippen LogP contribution is 2.17. The van der Waals surface area contributed by atoms with Crippen molar-refractivity contribution in [3.05, 3.63) is 29.8 Å². The van der Waals surface area contributed by atoms with Gasteiger partial charge in [0.1, 0.15) is 5.75 Å². The summed E-state index contributed by atoms with van der Waals surface area (Å²) in [6.45, 7) is 3.60. The third kappa shape index (κ3) is 4.21. The fraction of sp³-hybridized carbons (Fsp3) is 0.333. The van der Waals surface area contributed by atoms with Gasteiger partial charge < -0.3 is 10.1 Å². The van der Waals surface area contributed by atoms with Crippen molar-refractivity contribution in [1.29, 1.82) is 0 Å². The van der Waals surface area contributed by atoms with Crippen LogP contribution in [0.1, 0.15) is 12.5 Å². The molecule has 0 saturated carbocycles. The highest BCUT2D eigenvalue weighted by atomic mass is 32.1. The van der Waals surface area contributed by atoms with Crippen LogP contribution in [0.15, 0.2) is 24.3 Å². The van der Waals surface area contributed by atoms with Gasteiger partial charge in [-0.2, -0.15) is 0 Å². The fourth-order valence-corrected chi connectivity index (χ4v) is 1.27. The molecule has 5 nitrogen and oxygen atoms in total. The van der Waals surface area contributed by atoms with Gasteiger partial charge in [-0.25, -0.2) is 0 Å². The van der Waals surface area contributed by atoms with E-state index in [2.05, 4.69) is 16.2 Å². The second kappa shape index (κ2) is 6.80. The maximum absolute atomic E-state index is 11.7. The number of hydrazine groups is 1. The van der Waals surface area contributed by atoms with Gasteiger partial charge in [0.05, 0.1) is 0 Å². The number of carbonyl (C=O) groups is 1. The molecule has 0 spiro atoms. The van der Waals surface area contributed by atoms with E-state index in [0.717, 1.165) is 5.56 Å². The molecule has 6 heteroatoms. The monoisotopic (exact) mass is 267 g/mol. The third-order valence-electron chi connectivity index (χ3n) is 2.29. The predicted octanol–water partition coefficient (Wildman–Crippen LogP) is 0.887. The number of amides is 1. The average Bonchev–Trinajstić information content (AvgIpc) is 2.38. The van der Waals surface area contributed by atoms with Crippen LogP contribution in [-0.4, -0.2) is 24.2 Å². The molecule has 1 aromatic carbocycles. The average molecular weight is 267 g/mol. The lowest BCUT2D eigenvalue weighted by atomic mass is 10.2. The van der Waals surface area contributed by atoms with Crippen molar-refractivity contribution in [1.82, 2.24) is 16.2 Å². The number of aryl methyl sites for hydroxylation is 1. The van der Waals surface area contributed by atoms with Crippen LogP contribution in [0.5, 0.6) is 5.75 Å². The molecule has 1 rings (SSSR count). The lowest BCUT2D eigenvalue weighted by molar-refractivity contribution is -0.127. The van der Waals surface area contributed by atoms with Crippen molar-refractivity contribution in [2.75, 3.05) is 7.05 Å². The quantitative estimate of drug-likeness (QED) is 0.561. The fourth-order valence-electron chi connectivity index (χ4n) is 1.22. The molecule has 18 heavy (non-hydrogen) atoms. The van der Waals surface area contributed by atoms with E-state index in [1.165, 1.54) is 0 Å². The Morgan fingerprint density at radius 2 is 2.00 bits per heavy atom. The van der Waals surface area contributed by atoms with E-state index < -0.39 is 6.10 Å². The van der Waals surface area contributed by atoms with Crippen LogP contribution in [0, 0.1) is 6.92 Å². The molecule has 98 valence electrons. The Labute approximate surface area is 112 Å². The van der Waals surface area contributed by atoms with Crippen molar-refractivity contribution >= 4 is 23.2 Å². The Morgan fingerprint density at radius 3 is 2.61 bits per heavy atom.